The number of nitrogens with one attached hydrogen (secondary N) is 2. The molecule has 6 nitrogen and oxygen atoms in total. The van der Waals surface area contributed by atoms with E-state index >= 15 is 0 Å². The molecular formula is C20H26F2IN3O3. The van der Waals surface area contributed by atoms with Crippen LogP contribution < -0.4 is 24.8 Å². The van der Waals surface area contributed by atoms with Gasteiger partial charge in [-0.3, -0.25) is 4.99 Å². The van der Waals surface area contributed by atoms with Crippen LogP contribution >= 0.6 is 24.0 Å². The average Bonchev–Trinajstić information content (AvgIpc) is 2.71. The number of ether oxygens (including phenoxy) is 3. The fourth-order valence-corrected chi connectivity index (χ4v) is 2.55. The van der Waals surface area contributed by atoms with Gasteiger partial charge in [-0.2, -0.15) is 8.78 Å². The molecule has 0 radical (unpaired) electrons. The highest BCUT2D eigenvalue weighted by Gasteiger charge is 2.11. The molecule has 0 aliphatic carbocycles. The molecule has 0 aromatic heterocycles. The van der Waals surface area contributed by atoms with E-state index in [1.807, 2.05) is 24.3 Å². The summed E-state index contributed by atoms with van der Waals surface area (Å²) in [5, 5.41) is 6.29. The van der Waals surface area contributed by atoms with E-state index in [1.165, 1.54) is 13.2 Å². The van der Waals surface area contributed by atoms with E-state index in [2.05, 4.69) is 20.4 Å². The number of methoxy groups -OCH3 is 2. The molecular weight excluding hydrogens is 495 g/mol. The molecule has 2 aromatic carbocycles. The zero-order valence-electron chi connectivity index (χ0n) is 16.6. The van der Waals surface area contributed by atoms with Gasteiger partial charge in [0, 0.05) is 25.7 Å². The van der Waals surface area contributed by atoms with Gasteiger partial charge in [-0.25, -0.2) is 0 Å². The van der Waals surface area contributed by atoms with E-state index in [0.717, 1.165) is 17.7 Å². The second kappa shape index (κ2) is 13.0. The fraction of sp³-hybridized carbons (Fsp3) is 0.350. The van der Waals surface area contributed by atoms with E-state index in [4.69, 9.17) is 9.47 Å². The number of alkyl halides is 2. The monoisotopic (exact) mass is 521 g/mol. The Balaban J connectivity index is 0.00000420. The van der Waals surface area contributed by atoms with Crippen LogP contribution in [0, 0.1) is 0 Å². The Morgan fingerprint density at radius 1 is 1.00 bits per heavy atom. The SMILES string of the molecule is CN=C(NCCc1ccc(OC)cc1)NCc1cc(OC)ccc1OC(F)F.I. The van der Waals surface area contributed by atoms with Crippen molar-refractivity contribution < 1.29 is 23.0 Å². The first kappa shape index (κ1) is 24.7. The van der Waals surface area contributed by atoms with Crippen molar-refractivity contribution in [3.05, 3.63) is 53.6 Å². The predicted octanol–water partition coefficient (Wildman–Crippen LogP) is 3.83. The smallest absolute Gasteiger partial charge is 0.387 e. The van der Waals surface area contributed by atoms with Crippen molar-refractivity contribution in [2.24, 2.45) is 4.99 Å². The molecule has 2 N–H and O–H groups in total. The maximum atomic E-state index is 12.6. The molecule has 160 valence electrons. The van der Waals surface area contributed by atoms with Gasteiger partial charge in [0.05, 0.1) is 14.2 Å². The quantitative estimate of drug-likeness (QED) is 0.299. The van der Waals surface area contributed by atoms with Crippen LogP contribution in [0.2, 0.25) is 0 Å². The third-order valence-electron chi connectivity index (χ3n) is 4.02. The third kappa shape index (κ3) is 8.30. The number of rotatable bonds is 9. The molecule has 0 heterocycles. The molecule has 0 saturated carbocycles. The average molecular weight is 521 g/mol. The molecule has 2 rings (SSSR count). The van der Waals surface area contributed by atoms with Gasteiger partial charge in [-0.15, -0.1) is 24.0 Å². The van der Waals surface area contributed by atoms with E-state index in [9.17, 15) is 8.78 Å². The number of benzene rings is 2. The molecule has 0 amide bonds. The van der Waals surface area contributed by atoms with Gasteiger partial charge in [0.15, 0.2) is 5.96 Å². The second-order valence-corrected chi connectivity index (χ2v) is 5.80. The summed E-state index contributed by atoms with van der Waals surface area (Å²) < 4.78 is 40.1. The largest absolute Gasteiger partial charge is 0.497 e. The first-order valence-corrected chi connectivity index (χ1v) is 8.75. The van der Waals surface area contributed by atoms with E-state index in [-0.39, 0.29) is 36.3 Å². The van der Waals surface area contributed by atoms with Gasteiger partial charge >= 0.3 is 6.61 Å². The van der Waals surface area contributed by atoms with Crippen LogP contribution in [-0.2, 0) is 13.0 Å². The van der Waals surface area contributed by atoms with Crippen LogP contribution in [0.4, 0.5) is 8.78 Å². The minimum absolute atomic E-state index is 0. The van der Waals surface area contributed by atoms with Gasteiger partial charge in [0.2, 0.25) is 0 Å². The number of nitrogens with zero attached hydrogens (tertiary/aromatic N) is 1. The van der Waals surface area contributed by atoms with Crippen molar-refractivity contribution >= 4 is 29.9 Å². The lowest BCUT2D eigenvalue weighted by atomic mass is 10.1. The zero-order valence-corrected chi connectivity index (χ0v) is 18.9. The minimum atomic E-state index is -2.89. The molecule has 2 aromatic rings. The molecule has 0 aliphatic rings. The lowest BCUT2D eigenvalue weighted by Crippen LogP contribution is -2.38. The van der Waals surface area contributed by atoms with Gasteiger partial charge in [-0.1, -0.05) is 12.1 Å². The van der Waals surface area contributed by atoms with Crippen molar-refractivity contribution in [3.8, 4) is 17.2 Å². The number of hydrogen-bond acceptors (Lipinski definition) is 4. The van der Waals surface area contributed by atoms with Crippen LogP contribution in [0.5, 0.6) is 17.2 Å². The summed E-state index contributed by atoms with van der Waals surface area (Å²) in [4.78, 5) is 4.15. The molecule has 0 atom stereocenters. The minimum Gasteiger partial charge on any atom is -0.497 e. The second-order valence-electron chi connectivity index (χ2n) is 5.80. The fourth-order valence-electron chi connectivity index (χ4n) is 2.55. The first-order valence-electron chi connectivity index (χ1n) is 8.75. The molecule has 9 heteroatoms. The maximum Gasteiger partial charge on any atom is 0.387 e. The summed E-state index contributed by atoms with van der Waals surface area (Å²) in [6.07, 6.45) is 0.795. The number of aliphatic imine (C=N–C) groups is 1. The van der Waals surface area contributed by atoms with Crippen LogP contribution in [0.1, 0.15) is 11.1 Å². The van der Waals surface area contributed by atoms with Crippen LogP contribution in [-0.4, -0.2) is 40.4 Å². The summed E-state index contributed by atoms with van der Waals surface area (Å²) in [5.74, 6) is 2.02. The van der Waals surface area contributed by atoms with Gasteiger partial charge in [-0.05, 0) is 42.3 Å². The van der Waals surface area contributed by atoms with Crippen molar-refractivity contribution in [3.63, 3.8) is 0 Å². The number of halogens is 3. The zero-order chi connectivity index (χ0) is 20.4. The van der Waals surface area contributed by atoms with E-state index in [0.29, 0.717) is 23.8 Å². The first-order chi connectivity index (χ1) is 13.5. The summed E-state index contributed by atoms with van der Waals surface area (Å²) in [6.45, 7) is -1.99. The van der Waals surface area contributed by atoms with Crippen LogP contribution in [0.3, 0.4) is 0 Å². The Morgan fingerprint density at radius 3 is 2.24 bits per heavy atom. The Bertz CT molecular complexity index is 774. The summed E-state index contributed by atoms with van der Waals surface area (Å²) in [6, 6.07) is 12.5. The molecule has 0 spiro atoms. The van der Waals surface area contributed by atoms with Crippen LogP contribution in [0.15, 0.2) is 47.5 Å². The summed E-state index contributed by atoms with van der Waals surface area (Å²) in [7, 11) is 4.79. The molecule has 0 unspecified atom stereocenters. The molecule has 0 bridgehead atoms. The number of guanidine groups is 1. The Labute approximate surface area is 186 Å². The summed E-state index contributed by atoms with van der Waals surface area (Å²) in [5.41, 5.74) is 1.70. The molecule has 0 saturated heterocycles. The normalized spacial score (nSPS) is 10.9. The van der Waals surface area contributed by atoms with Gasteiger partial charge in [0.25, 0.3) is 0 Å². The topological polar surface area (TPSA) is 64.1 Å². The van der Waals surface area contributed by atoms with Crippen molar-refractivity contribution in [1.82, 2.24) is 10.6 Å². The van der Waals surface area contributed by atoms with E-state index < -0.39 is 6.61 Å². The highest BCUT2D eigenvalue weighted by molar-refractivity contribution is 14.0. The molecule has 0 fully saturated rings. The lowest BCUT2D eigenvalue weighted by molar-refractivity contribution is -0.0504. The Morgan fingerprint density at radius 2 is 1.66 bits per heavy atom. The lowest BCUT2D eigenvalue weighted by Gasteiger charge is -2.15. The van der Waals surface area contributed by atoms with Gasteiger partial charge < -0.3 is 24.8 Å². The highest BCUT2D eigenvalue weighted by atomic mass is 127. The molecule has 0 aliphatic heterocycles. The van der Waals surface area contributed by atoms with Crippen molar-refractivity contribution in [1.29, 1.82) is 0 Å². The number of hydrogen-bond donors (Lipinski definition) is 2. The predicted molar refractivity (Wildman–Crippen MR) is 120 cm³/mol. The third-order valence-corrected chi connectivity index (χ3v) is 4.02. The summed E-state index contributed by atoms with van der Waals surface area (Å²) >= 11 is 0. The molecule has 29 heavy (non-hydrogen) atoms. The van der Waals surface area contributed by atoms with Crippen LogP contribution in [0.25, 0.3) is 0 Å². The Kier molecular flexibility index (Phi) is 11.1. The van der Waals surface area contributed by atoms with Gasteiger partial charge in [0.1, 0.15) is 17.2 Å². The Hall–Kier alpha value is -2.30. The van der Waals surface area contributed by atoms with E-state index in [1.54, 1.807) is 26.3 Å². The maximum absolute atomic E-state index is 12.6. The highest BCUT2D eigenvalue weighted by Crippen LogP contribution is 2.25. The van der Waals surface area contributed by atoms with Crippen molar-refractivity contribution in [2.75, 3.05) is 27.8 Å². The standard InChI is InChI=1S/C20H25F2N3O3.HI/c1-23-20(24-11-10-14-4-6-16(26-2)7-5-14)25-13-15-12-17(27-3)8-9-18(15)28-19(21)22;/h4-9,12,19H,10-11,13H2,1-3H3,(H2,23,24,25);1H. The van der Waals surface area contributed by atoms with Crippen molar-refractivity contribution in [2.45, 2.75) is 19.6 Å².